The lowest BCUT2D eigenvalue weighted by atomic mass is 9.97. The second-order valence-electron chi connectivity index (χ2n) is 16.3. The lowest BCUT2D eigenvalue weighted by Gasteiger charge is -2.43. The van der Waals surface area contributed by atoms with Gasteiger partial charge in [-0.15, -0.1) is 12.6 Å². The first-order valence-corrected chi connectivity index (χ1v) is 23.3. The van der Waals surface area contributed by atoms with Crippen LogP contribution in [-0.2, 0) is 57.2 Å². The Labute approximate surface area is 374 Å². The van der Waals surface area contributed by atoms with Crippen molar-refractivity contribution in [1.82, 2.24) is 16.0 Å². The number of aliphatic hydroxyl groups excluding tert-OH is 1. The van der Waals surface area contributed by atoms with Gasteiger partial charge in [-0.1, -0.05) is 104 Å². The van der Waals surface area contributed by atoms with Gasteiger partial charge in [-0.3, -0.25) is 33.6 Å². The number of carbonyl (C=O) groups excluding carboxylic acids is 7. The molecule has 0 aromatic heterocycles. The number of hydrogen-bond acceptors (Lipinski definition) is 14. The van der Waals surface area contributed by atoms with E-state index in [1.165, 1.54) is 72.8 Å². The number of carbonyl (C=O) groups is 7. The number of nitrogens with one attached hydrogen (secondary N) is 3. The van der Waals surface area contributed by atoms with Crippen LogP contribution in [0.4, 0.5) is 0 Å². The van der Waals surface area contributed by atoms with E-state index in [0.717, 1.165) is 57.8 Å². The van der Waals surface area contributed by atoms with Gasteiger partial charge in [0.1, 0.15) is 54.6 Å². The van der Waals surface area contributed by atoms with E-state index in [0.29, 0.717) is 6.42 Å². The van der Waals surface area contributed by atoms with Crippen LogP contribution in [0.15, 0.2) is 0 Å². The quantitative estimate of drug-likeness (QED) is 0.0224. The number of esters is 3. The summed E-state index contributed by atoms with van der Waals surface area (Å²) in [6.07, 6.45) is 11.8. The average molecular weight is 903 g/mol. The molecule has 0 spiro atoms. The third-order valence-electron chi connectivity index (χ3n) is 10.8. The fraction of sp³-hybridized carbons (Fsp3) is 0.841. The molecule has 62 heavy (non-hydrogen) atoms. The summed E-state index contributed by atoms with van der Waals surface area (Å²) >= 11 is 4.46. The van der Waals surface area contributed by atoms with Crippen molar-refractivity contribution in [1.29, 1.82) is 0 Å². The monoisotopic (exact) mass is 903 g/mol. The van der Waals surface area contributed by atoms with Crippen LogP contribution in [0.2, 0.25) is 0 Å². The highest BCUT2D eigenvalue weighted by molar-refractivity contribution is 7.80. The number of methoxy groups -OCH3 is 1. The molecule has 0 bridgehead atoms. The molecule has 9 atom stereocenters. The van der Waals surface area contributed by atoms with Crippen molar-refractivity contribution >= 4 is 54.2 Å². The van der Waals surface area contributed by atoms with Crippen LogP contribution >= 0.6 is 12.6 Å². The first kappa shape index (κ1) is 56.5. The predicted molar refractivity (Wildman–Crippen MR) is 235 cm³/mol. The zero-order chi connectivity index (χ0) is 46.5. The summed E-state index contributed by atoms with van der Waals surface area (Å²) in [6, 6.07) is -3.45. The Kier molecular flexibility index (Phi) is 30.2. The minimum absolute atomic E-state index is 0.117. The van der Waals surface area contributed by atoms with Crippen molar-refractivity contribution in [2.45, 2.75) is 224 Å². The zero-order valence-electron chi connectivity index (χ0n) is 38.1. The molecule has 0 aliphatic carbocycles. The third-order valence-corrected chi connectivity index (χ3v) is 11.2. The number of nitrogens with two attached hydrogens (primary N) is 1. The van der Waals surface area contributed by atoms with E-state index >= 15 is 0 Å². The van der Waals surface area contributed by atoms with Crippen LogP contribution in [0.25, 0.3) is 0 Å². The Morgan fingerprint density at radius 1 is 0.742 bits per heavy atom. The molecule has 18 heteroatoms. The average Bonchev–Trinajstić information content (AvgIpc) is 3.22. The standard InChI is InChI=1S/C44H78N4O13S/c1-7-9-11-13-15-16-18-20-22-24-36(51)60-32(23-21-19-17-14-12-10-8-2)27-37(52)58-28-34-39(53)40(38(44(62)61-34)47-31(5)49)59-30(4)43(56)46-29(3)42(55)48-33(41(45)54)25-26-35(50)57-6/h29-30,32-34,38-40,44,53,62H,7-28H2,1-6H3,(H2,45,54)(H,46,56)(H,47,49)(H,48,55)/t29-,30?,32+,33+,34+,38+,39+,40-,44-/m0/s1. The number of amides is 4. The second kappa shape index (κ2) is 33.1. The van der Waals surface area contributed by atoms with Crippen molar-refractivity contribution in [3.8, 4) is 0 Å². The van der Waals surface area contributed by atoms with E-state index in [1.54, 1.807) is 0 Å². The van der Waals surface area contributed by atoms with E-state index in [9.17, 15) is 38.7 Å². The minimum Gasteiger partial charge on any atom is -0.469 e. The SMILES string of the molecule is CCCCCCCCCCCC(=O)O[C@H](CCCCCCCCC)CC(=O)OC[C@H]1O[C@@H](S)[C@H](NC(C)=O)[C@H](OC(C)C(=O)N[C@@H](C)C(=O)N[C@H](CCC(=O)OC)C(N)=O)[C@@H]1O. The summed E-state index contributed by atoms with van der Waals surface area (Å²) < 4.78 is 27.7. The van der Waals surface area contributed by atoms with Crippen LogP contribution < -0.4 is 21.7 Å². The fourth-order valence-electron chi connectivity index (χ4n) is 7.04. The van der Waals surface area contributed by atoms with Gasteiger partial charge in [0.05, 0.1) is 19.6 Å². The third kappa shape index (κ3) is 24.4. The Balaban J connectivity index is 2.89. The Morgan fingerprint density at radius 3 is 1.85 bits per heavy atom. The summed E-state index contributed by atoms with van der Waals surface area (Å²) in [5, 5.41) is 18.9. The van der Waals surface area contributed by atoms with E-state index in [-0.39, 0.29) is 31.7 Å². The molecule has 1 aliphatic heterocycles. The summed E-state index contributed by atoms with van der Waals surface area (Å²) in [6.45, 7) is 7.89. The lowest BCUT2D eigenvalue weighted by Crippen LogP contribution is -2.64. The van der Waals surface area contributed by atoms with Gasteiger partial charge in [-0.2, -0.15) is 0 Å². The molecule has 358 valence electrons. The van der Waals surface area contributed by atoms with Gasteiger partial charge in [-0.05, 0) is 39.5 Å². The normalized spacial score (nSPS) is 20.5. The van der Waals surface area contributed by atoms with Crippen molar-refractivity contribution in [2.24, 2.45) is 5.73 Å². The molecular weight excluding hydrogens is 825 g/mol. The fourth-order valence-corrected chi connectivity index (χ4v) is 7.44. The summed E-state index contributed by atoms with van der Waals surface area (Å²) in [7, 11) is 1.18. The van der Waals surface area contributed by atoms with E-state index in [4.69, 9.17) is 24.7 Å². The highest BCUT2D eigenvalue weighted by Gasteiger charge is 2.47. The summed E-state index contributed by atoms with van der Waals surface area (Å²) in [5.41, 5.74) is 4.30. The van der Waals surface area contributed by atoms with Crippen LogP contribution in [0.1, 0.15) is 169 Å². The van der Waals surface area contributed by atoms with Crippen LogP contribution in [-0.4, -0.2) is 114 Å². The highest BCUT2D eigenvalue weighted by Crippen LogP contribution is 2.27. The molecular formula is C44H78N4O13S. The second-order valence-corrected chi connectivity index (χ2v) is 16.8. The molecule has 0 aromatic rings. The lowest BCUT2D eigenvalue weighted by molar-refractivity contribution is -0.204. The predicted octanol–water partition coefficient (Wildman–Crippen LogP) is 4.62. The Bertz CT molecular complexity index is 1360. The van der Waals surface area contributed by atoms with E-state index < -0.39 is 96.3 Å². The van der Waals surface area contributed by atoms with E-state index in [2.05, 4.69) is 47.2 Å². The Morgan fingerprint density at radius 2 is 1.31 bits per heavy atom. The number of primary amides is 1. The van der Waals surface area contributed by atoms with Gasteiger partial charge < -0.3 is 50.5 Å². The number of thiol groups is 1. The van der Waals surface area contributed by atoms with Crippen molar-refractivity contribution in [2.75, 3.05) is 13.7 Å². The summed E-state index contributed by atoms with van der Waals surface area (Å²) in [5.74, 6) is -4.54. The molecule has 1 aliphatic rings. The van der Waals surface area contributed by atoms with Crippen LogP contribution in [0, 0.1) is 0 Å². The van der Waals surface area contributed by atoms with Gasteiger partial charge in [0.15, 0.2) is 0 Å². The minimum atomic E-state index is -1.54. The van der Waals surface area contributed by atoms with Gasteiger partial charge in [0.25, 0.3) is 0 Å². The molecule has 0 aromatic carbocycles. The zero-order valence-corrected chi connectivity index (χ0v) is 39.0. The first-order chi connectivity index (χ1) is 29.5. The number of aliphatic hydroxyl groups is 1. The van der Waals surface area contributed by atoms with Crippen molar-refractivity contribution in [3.63, 3.8) is 0 Å². The molecule has 0 radical (unpaired) electrons. The van der Waals surface area contributed by atoms with Gasteiger partial charge in [-0.25, -0.2) is 0 Å². The maximum atomic E-state index is 13.2. The summed E-state index contributed by atoms with van der Waals surface area (Å²) in [4.78, 5) is 87.6. The highest BCUT2D eigenvalue weighted by atomic mass is 32.1. The molecule has 1 unspecified atom stereocenters. The molecule has 1 rings (SSSR count). The molecule has 17 nitrogen and oxygen atoms in total. The maximum Gasteiger partial charge on any atom is 0.309 e. The van der Waals surface area contributed by atoms with Crippen LogP contribution in [0.5, 0.6) is 0 Å². The number of rotatable bonds is 34. The molecule has 6 N–H and O–H groups in total. The maximum absolute atomic E-state index is 13.2. The van der Waals surface area contributed by atoms with Gasteiger partial charge in [0, 0.05) is 19.8 Å². The van der Waals surface area contributed by atoms with Gasteiger partial charge >= 0.3 is 17.9 Å². The molecule has 1 fully saturated rings. The molecule has 1 saturated heterocycles. The molecule has 1 heterocycles. The largest absolute Gasteiger partial charge is 0.469 e. The number of unbranched alkanes of at least 4 members (excludes halogenated alkanes) is 14. The smallest absolute Gasteiger partial charge is 0.309 e. The van der Waals surface area contributed by atoms with Gasteiger partial charge in [0.2, 0.25) is 23.6 Å². The van der Waals surface area contributed by atoms with Crippen molar-refractivity contribution < 1.29 is 62.4 Å². The number of ether oxygens (including phenoxy) is 5. The van der Waals surface area contributed by atoms with Crippen molar-refractivity contribution in [3.05, 3.63) is 0 Å². The topological polar surface area (TPSA) is 248 Å². The number of hydrogen-bond donors (Lipinski definition) is 6. The molecule has 0 saturated carbocycles. The van der Waals surface area contributed by atoms with Crippen LogP contribution in [0.3, 0.4) is 0 Å². The first-order valence-electron chi connectivity index (χ1n) is 22.8. The molecule has 4 amide bonds. The van der Waals surface area contributed by atoms with E-state index in [1.807, 2.05) is 0 Å². The Hall–Kier alpha value is -3.48.